The fraction of sp³-hybridized carbons (Fsp3) is 0.474. The van der Waals surface area contributed by atoms with E-state index in [1.54, 1.807) is 14.2 Å². The minimum absolute atomic E-state index is 0.0658. The van der Waals surface area contributed by atoms with Crippen LogP contribution in [0.2, 0.25) is 0 Å². The molecule has 134 valence electrons. The average molecular weight is 360 g/mol. The number of ether oxygens (including phenoxy) is 2. The van der Waals surface area contributed by atoms with Crippen molar-refractivity contribution in [2.24, 2.45) is 0 Å². The van der Waals surface area contributed by atoms with Crippen molar-refractivity contribution in [3.63, 3.8) is 0 Å². The molecule has 1 aliphatic rings. The molecule has 1 aromatic heterocycles. The van der Waals surface area contributed by atoms with Crippen LogP contribution in [-0.2, 0) is 11.2 Å². The van der Waals surface area contributed by atoms with Crippen LogP contribution >= 0.6 is 11.3 Å². The Labute approximate surface area is 152 Å². The summed E-state index contributed by atoms with van der Waals surface area (Å²) in [5.41, 5.74) is 1.77. The summed E-state index contributed by atoms with van der Waals surface area (Å²) in [6.45, 7) is 0. The maximum atomic E-state index is 12.2. The maximum Gasteiger partial charge on any atom is 0.226 e. The smallest absolute Gasteiger partial charge is 0.226 e. The second-order valence-corrected chi connectivity index (χ2v) is 7.15. The first-order chi connectivity index (χ1) is 12.2. The van der Waals surface area contributed by atoms with E-state index < -0.39 is 0 Å². The third-order valence-electron chi connectivity index (χ3n) is 4.49. The van der Waals surface area contributed by atoms with Crippen LogP contribution < -0.4 is 14.8 Å². The van der Waals surface area contributed by atoms with Gasteiger partial charge >= 0.3 is 0 Å². The van der Waals surface area contributed by atoms with E-state index in [9.17, 15) is 4.79 Å². The van der Waals surface area contributed by atoms with E-state index in [-0.39, 0.29) is 5.91 Å². The predicted octanol–water partition coefficient (Wildman–Crippen LogP) is 3.82. The molecule has 5 nitrogen and oxygen atoms in total. The SMILES string of the molecule is COc1ccc(-c2nc(CC(=O)NC3CCCCC3)cs2)cc1OC. The summed E-state index contributed by atoms with van der Waals surface area (Å²) in [5.74, 6) is 1.43. The van der Waals surface area contributed by atoms with Gasteiger partial charge < -0.3 is 14.8 Å². The van der Waals surface area contributed by atoms with Crippen molar-refractivity contribution < 1.29 is 14.3 Å². The fourth-order valence-electron chi connectivity index (χ4n) is 3.18. The number of carbonyl (C=O) groups is 1. The number of aromatic nitrogens is 1. The third kappa shape index (κ3) is 4.51. The lowest BCUT2D eigenvalue weighted by Gasteiger charge is -2.22. The molecule has 0 atom stereocenters. The highest BCUT2D eigenvalue weighted by molar-refractivity contribution is 7.13. The van der Waals surface area contributed by atoms with E-state index in [0.717, 1.165) is 29.1 Å². The lowest BCUT2D eigenvalue weighted by Crippen LogP contribution is -2.37. The quantitative estimate of drug-likeness (QED) is 0.851. The second kappa shape index (κ2) is 8.34. The summed E-state index contributed by atoms with van der Waals surface area (Å²) in [6, 6.07) is 6.06. The van der Waals surface area contributed by atoms with Gasteiger partial charge in [0.25, 0.3) is 0 Å². The van der Waals surface area contributed by atoms with Gasteiger partial charge in [-0.25, -0.2) is 4.98 Å². The van der Waals surface area contributed by atoms with Gasteiger partial charge in [0.2, 0.25) is 5.91 Å². The number of methoxy groups -OCH3 is 2. The van der Waals surface area contributed by atoms with Gasteiger partial charge in [0.15, 0.2) is 11.5 Å². The molecule has 0 unspecified atom stereocenters. The molecule has 0 bridgehead atoms. The molecular formula is C19H24N2O3S. The van der Waals surface area contributed by atoms with Crippen molar-refractivity contribution >= 4 is 17.2 Å². The molecule has 1 saturated carbocycles. The Morgan fingerprint density at radius 2 is 1.96 bits per heavy atom. The van der Waals surface area contributed by atoms with E-state index >= 15 is 0 Å². The van der Waals surface area contributed by atoms with Gasteiger partial charge in [-0.15, -0.1) is 11.3 Å². The minimum Gasteiger partial charge on any atom is -0.493 e. The predicted molar refractivity (Wildman–Crippen MR) is 99.4 cm³/mol. The summed E-state index contributed by atoms with van der Waals surface area (Å²) in [6.07, 6.45) is 6.24. The first-order valence-electron chi connectivity index (χ1n) is 8.65. The molecule has 1 aliphatic carbocycles. The summed E-state index contributed by atoms with van der Waals surface area (Å²) in [4.78, 5) is 16.8. The number of thiazole rings is 1. The van der Waals surface area contributed by atoms with Crippen molar-refractivity contribution in [2.45, 2.75) is 44.6 Å². The van der Waals surface area contributed by atoms with Crippen LogP contribution in [0.4, 0.5) is 0 Å². The zero-order valence-corrected chi connectivity index (χ0v) is 15.5. The summed E-state index contributed by atoms with van der Waals surface area (Å²) < 4.78 is 10.6. The van der Waals surface area contributed by atoms with E-state index in [2.05, 4.69) is 10.3 Å². The van der Waals surface area contributed by atoms with Crippen LogP contribution in [-0.4, -0.2) is 31.2 Å². The fourth-order valence-corrected chi connectivity index (χ4v) is 4.00. The molecule has 0 radical (unpaired) electrons. The number of nitrogens with one attached hydrogen (secondary N) is 1. The van der Waals surface area contributed by atoms with Crippen LogP contribution in [0.5, 0.6) is 11.5 Å². The average Bonchev–Trinajstić information content (AvgIpc) is 3.10. The van der Waals surface area contributed by atoms with E-state index in [0.29, 0.717) is 24.0 Å². The topological polar surface area (TPSA) is 60.5 Å². The molecule has 0 spiro atoms. The van der Waals surface area contributed by atoms with Crippen LogP contribution in [0.1, 0.15) is 37.8 Å². The molecule has 25 heavy (non-hydrogen) atoms. The third-order valence-corrected chi connectivity index (χ3v) is 5.43. The van der Waals surface area contributed by atoms with Crippen molar-refractivity contribution in [1.29, 1.82) is 0 Å². The standard InChI is InChI=1S/C19H24N2O3S/c1-23-16-9-8-13(10-17(16)24-2)19-21-15(12-25-19)11-18(22)20-14-6-4-3-5-7-14/h8-10,12,14H,3-7,11H2,1-2H3,(H,20,22). The lowest BCUT2D eigenvalue weighted by molar-refractivity contribution is -0.121. The molecule has 1 heterocycles. The molecule has 1 fully saturated rings. The van der Waals surface area contributed by atoms with Gasteiger partial charge in [-0.2, -0.15) is 0 Å². The Hall–Kier alpha value is -2.08. The molecule has 1 N–H and O–H groups in total. The number of hydrogen-bond donors (Lipinski definition) is 1. The normalized spacial score (nSPS) is 15.0. The molecular weight excluding hydrogens is 336 g/mol. The molecule has 1 amide bonds. The van der Waals surface area contributed by atoms with Crippen molar-refractivity contribution in [3.8, 4) is 22.1 Å². The van der Waals surface area contributed by atoms with Crippen LogP contribution in [0.25, 0.3) is 10.6 Å². The first kappa shape index (κ1) is 17.7. The molecule has 0 saturated heterocycles. The highest BCUT2D eigenvalue weighted by atomic mass is 32.1. The Morgan fingerprint density at radius 1 is 1.20 bits per heavy atom. The van der Waals surface area contributed by atoms with Gasteiger partial charge in [-0.3, -0.25) is 4.79 Å². The Kier molecular flexibility index (Phi) is 5.91. The molecule has 3 rings (SSSR count). The van der Waals surface area contributed by atoms with Crippen LogP contribution in [0.15, 0.2) is 23.6 Å². The molecule has 0 aliphatic heterocycles. The highest BCUT2D eigenvalue weighted by Gasteiger charge is 2.17. The summed E-state index contributed by atoms with van der Waals surface area (Å²) in [5, 5.41) is 5.97. The van der Waals surface area contributed by atoms with Crippen LogP contribution in [0.3, 0.4) is 0 Å². The summed E-state index contributed by atoms with van der Waals surface area (Å²) in [7, 11) is 3.23. The monoisotopic (exact) mass is 360 g/mol. The number of hydrogen-bond acceptors (Lipinski definition) is 5. The number of carbonyl (C=O) groups excluding carboxylic acids is 1. The maximum absolute atomic E-state index is 12.2. The number of nitrogens with zero attached hydrogens (tertiary/aromatic N) is 1. The summed E-state index contributed by atoms with van der Waals surface area (Å²) >= 11 is 1.54. The van der Waals surface area contributed by atoms with Gasteiger partial charge in [0.05, 0.1) is 26.3 Å². The number of benzene rings is 1. The van der Waals surface area contributed by atoms with Gasteiger partial charge in [0.1, 0.15) is 5.01 Å². The lowest BCUT2D eigenvalue weighted by atomic mass is 9.95. The molecule has 6 heteroatoms. The number of amides is 1. The van der Waals surface area contributed by atoms with Gasteiger partial charge in [-0.05, 0) is 31.0 Å². The Bertz CT molecular complexity index is 723. The molecule has 1 aromatic carbocycles. The van der Waals surface area contributed by atoms with E-state index in [1.807, 2.05) is 23.6 Å². The van der Waals surface area contributed by atoms with Gasteiger partial charge in [0, 0.05) is 17.0 Å². The first-order valence-corrected chi connectivity index (χ1v) is 9.53. The Morgan fingerprint density at radius 3 is 2.68 bits per heavy atom. The van der Waals surface area contributed by atoms with Crippen molar-refractivity contribution in [2.75, 3.05) is 14.2 Å². The van der Waals surface area contributed by atoms with Crippen molar-refractivity contribution in [3.05, 3.63) is 29.3 Å². The second-order valence-electron chi connectivity index (χ2n) is 6.29. The Balaban J connectivity index is 1.64. The molecule has 2 aromatic rings. The zero-order chi connectivity index (χ0) is 17.6. The highest BCUT2D eigenvalue weighted by Crippen LogP contribution is 2.33. The van der Waals surface area contributed by atoms with E-state index in [1.165, 1.54) is 30.6 Å². The minimum atomic E-state index is 0.0658. The van der Waals surface area contributed by atoms with Gasteiger partial charge in [-0.1, -0.05) is 19.3 Å². The van der Waals surface area contributed by atoms with Crippen LogP contribution in [0, 0.1) is 0 Å². The largest absolute Gasteiger partial charge is 0.493 e. The van der Waals surface area contributed by atoms with Crippen molar-refractivity contribution in [1.82, 2.24) is 10.3 Å². The zero-order valence-electron chi connectivity index (χ0n) is 14.7. The number of rotatable bonds is 6. The van der Waals surface area contributed by atoms with E-state index in [4.69, 9.17) is 9.47 Å².